The quantitative estimate of drug-likeness (QED) is 0.436. The Bertz CT molecular complexity index is 1100. The summed E-state index contributed by atoms with van der Waals surface area (Å²) >= 11 is 0. The first-order valence-electron chi connectivity index (χ1n) is 10.0. The molecule has 0 saturated carbocycles. The molecule has 1 amide bonds. The first kappa shape index (κ1) is 19.6. The van der Waals surface area contributed by atoms with Gasteiger partial charge in [0, 0.05) is 23.2 Å². The number of hydrogen-bond donors (Lipinski definition) is 1. The molecule has 4 aromatic rings. The van der Waals surface area contributed by atoms with E-state index in [1.807, 2.05) is 73.7 Å². The summed E-state index contributed by atoms with van der Waals surface area (Å²) in [4.78, 5) is 12.2. The van der Waals surface area contributed by atoms with Crippen LogP contribution in [0, 0.1) is 6.92 Å². The number of carbonyl (C=O) groups excluding carboxylic acids is 1. The fraction of sp³-hybridized carbons (Fsp3) is 0.160. The molecule has 1 heterocycles. The molecular weight excluding hydrogens is 374 g/mol. The van der Waals surface area contributed by atoms with Gasteiger partial charge >= 0.3 is 0 Å². The maximum Gasteiger partial charge on any atom is 0.248 e. The Hall–Kier alpha value is -3.73. The van der Waals surface area contributed by atoms with E-state index in [9.17, 15) is 4.79 Å². The molecule has 0 saturated heterocycles. The average Bonchev–Trinajstić information content (AvgIpc) is 3.26. The minimum absolute atomic E-state index is 0.0122. The standard InChI is InChI=1S/C25H23N3O2/c1-18-10-12-20(13-11-18)24-27-28-25(30-24)21-14-16-22(17-15-21)26-23(29)9-5-8-19-6-3-2-4-7-19/h2-4,6-7,10-17H,5,8-9H2,1H3,(H,26,29). The lowest BCUT2D eigenvalue weighted by Crippen LogP contribution is -2.11. The van der Waals surface area contributed by atoms with Gasteiger partial charge in [0.05, 0.1) is 0 Å². The van der Waals surface area contributed by atoms with Crippen molar-refractivity contribution < 1.29 is 9.21 Å². The van der Waals surface area contributed by atoms with Crippen molar-refractivity contribution in [3.05, 3.63) is 90.0 Å². The lowest BCUT2D eigenvalue weighted by atomic mass is 10.1. The number of benzene rings is 3. The van der Waals surface area contributed by atoms with Crippen molar-refractivity contribution in [1.29, 1.82) is 0 Å². The first-order chi connectivity index (χ1) is 14.7. The number of aryl methyl sites for hydroxylation is 2. The van der Waals surface area contributed by atoms with Gasteiger partial charge in [0.25, 0.3) is 0 Å². The molecule has 0 fully saturated rings. The van der Waals surface area contributed by atoms with Crippen molar-refractivity contribution >= 4 is 11.6 Å². The molecule has 1 N–H and O–H groups in total. The molecule has 5 heteroatoms. The molecule has 0 bridgehead atoms. The number of carbonyl (C=O) groups is 1. The summed E-state index contributed by atoms with van der Waals surface area (Å²) in [6.07, 6.45) is 2.20. The molecule has 5 nitrogen and oxygen atoms in total. The van der Waals surface area contributed by atoms with E-state index in [2.05, 4.69) is 27.6 Å². The van der Waals surface area contributed by atoms with Gasteiger partial charge in [0.15, 0.2) is 0 Å². The Kier molecular flexibility index (Phi) is 5.99. The van der Waals surface area contributed by atoms with Crippen LogP contribution >= 0.6 is 0 Å². The third-order valence-electron chi connectivity index (χ3n) is 4.85. The van der Waals surface area contributed by atoms with E-state index in [0.29, 0.717) is 18.2 Å². The summed E-state index contributed by atoms with van der Waals surface area (Å²) in [5, 5.41) is 11.2. The predicted molar refractivity (Wildman–Crippen MR) is 118 cm³/mol. The first-order valence-corrected chi connectivity index (χ1v) is 10.0. The van der Waals surface area contributed by atoms with Gasteiger partial charge in [-0.05, 0) is 61.7 Å². The number of nitrogens with zero attached hydrogens (tertiary/aromatic N) is 2. The van der Waals surface area contributed by atoms with E-state index in [4.69, 9.17) is 4.42 Å². The van der Waals surface area contributed by atoms with E-state index in [1.165, 1.54) is 11.1 Å². The second-order valence-corrected chi connectivity index (χ2v) is 7.24. The van der Waals surface area contributed by atoms with Crippen LogP contribution in [0.15, 0.2) is 83.3 Å². The van der Waals surface area contributed by atoms with Crippen molar-refractivity contribution in [3.8, 4) is 22.9 Å². The highest BCUT2D eigenvalue weighted by atomic mass is 16.4. The van der Waals surface area contributed by atoms with Crippen molar-refractivity contribution in [1.82, 2.24) is 10.2 Å². The van der Waals surface area contributed by atoms with E-state index in [1.54, 1.807) is 0 Å². The molecule has 0 radical (unpaired) electrons. The summed E-state index contributed by atoms with van der Waals surface area (Å²) in [5.74, 6) is 0.949. The van der Waals surface area contributed by atoms with Crippen LogP contribution in [0.4, 0.5) is 5.69 Å². The number of aromatic nitrogens is 2. The van der Waals surface area contributed by atoms with Crippen LogP contribution in [0.2, 0.25) is 0 Å². The number of rotatable bonds is 7. The summed E-state index contributed by atoms with van der Waals surface area (Å²) in [7, 11) is 0. The highest BCUT2D eigenvalue weighted by molar-refractivity contribution is 5.90. The Morgan fingerprint density at radius 2 is 1.43 bits per heavy atom. The number of hydrogen-bond acceptors (Lipinski definition) is 4. The molecule has 0 atom stereocenters. The van der Waals surface area contributed by atoms with Gasteiger partial charge in [-0.15, -0.1) is 10.2 Å². The van der Waals surface area contributed by atoms with Crippen molar-refractivity contribution in [2.45, 2.75) is 26.2 Å². The van der Waals surface area contributed by atoms with Crippen molar-refractivity contribution in [2.24, 2.45) is 0 Å². The average molecular weight is 397 g/mol. The number of nitrogens with one attached hydrogen (secondary N) is 1. The predicted octanol–water partition coefficient (Wildman–Crippen LogP) is 5.67. The Labute approximate surface area is 175 Å². The van der Waals surface area contributed by atoms with Crippen LogP contribution in [0.5, 0.6) is 0 Å². The number of anilines is 1. The van der Waals surface area contributed by atoms with Crippen LogP contribution in [0.25, 0.3) is 22.9 Å². The molecule has 0 aliphatic carbocycles. The lowest BCUT2D eigenvalue weighted by Gasteiger charge is -2.06. The van der Waals surface area contributed by atoms with Crippen LogP contribution in [-0.4, -0.2) is 16.1 Å². The largest absolute Gasteiger partial charge is 0.416 e. The molecule has 3 aromatic carbocycles. The zero-order valence-corrected chi connectivity index (χ0v) is 16.8. The lowest BCUT2D eigenvalue weighted by molar-refractivity contribution is -0.116. The molecule has 150 valence electrons. The number of amides is 1. The smallest absolute Gasteiger partial charge is 0.248 e. The fourth-order valence-corrected chi connectivity index (χ4v) is 3.17. The monoisotopic (exact) mass is 397 g/mol. The fourth-order valence-electron chi connectivity index (χ4n) is 3.17. The van der Waals surface area contributed by atoms with Crippen LogP contribution in [0.1, 0.15) is 24.0 Å². The minimum Gasteiger partial charge on any atom is -0.416 e. The SMILES string of the molecule is Cc1ccc(-c2nnc(-c3ccc(NC(=O)CCCc4ccccc4)cc3)o2)cc1. The van der Waals surface area contributed by atoms with Crippen LogP contribution in [0.3, 0.4) is 0 Å². The van der Waals surface area contributed by atoms with Gasteiger partial charge in [-0.2, -0.15) is 0 Å². The Morgan fingerprint density at radius 3 is 2.07 bits per heavy atom. The van der Waals surface area contributed by atoms with Crippen LogP contribution < -0.4 is 5.32 Å². The van der Waals surface area contributed by atoms with Gasteiger partial charge in [-0.1, -0.05) is 48.0 Å². The molecule has 4 rings (SSSR count). The minimum atomic E-state index is 0.0122. The van der Waals surface area contributed by atoms with E-state index in [0.717, 1.165) is 29.7 Å². The zero-order valence-electron chi connectivity index (χ0n) is 16.8. The second-order valence-electron chi connectivity index (χ2n) is 7.24. The molecule has 0 spiro atoms. The van der Waals surface area contributed by atoms with Gasteiger partial charge in [-0.25, -0.2) is 0 Å². The normalized spacial score (nSPS) is 10.7. The van der Waals surface area contributed by atoms with E-state index >= 15 is 0 Å². The second kappa shape index (κ2) is 9.18. The Balaban J connectivity index is 1.33. The Morgan fingerprint density at radius 1 is 0.833 bits per heavy atom. The molecule has 1 aromatic heterocycles. The molecule has 30 heavy (non-hydrogen) atoms. The summed E-state index contributed by atoms with van der Waals surface area (Å²) in [6.45, 7) is 2.03. The maximum atomic E-state index is 12.2. The van der Waals surface area contributed by atoms with Gasteiger partial charge in [0.1, 0.15) is 0 Å². The van der Waals surface area contributed by atoms with Gasteiger partial charge in [0.2, 0.25) is 17.7 Å². The highest BCUT2D eigenvalue weighted by Gasteiger charge is 2.11. The van der Waals surface area contributed by atoms with E-state index in [-0.39, 0.29) is 5.91 Å². The third-order valence-corrected chi connectivity index (χ3v) is 4.85. The molecule has 0 aliphatic rings. The van der Waals surface area contributed by atoms with Crippen LogP contribution in [-0.2, 0) is 11.2 Å². The summed E-state index contributed by atoms with van der Waals surface area (Å²) in [6, 6.07) is 25.6. The summed E-state index contributed by atoms with van der Waals surface area (Å²) in [5.41, 5.74) is 4.87. The van der Waals surface area contributed by atoms with E-state index < -0.39 is 0 Å². The van der Waals surface area contributed by atoms with Gasteiger partial charge in [-0.3, -0.25) is 4.79 Å². The van der Waals surface area contributed by atoms with Gasteiger partial charge < -0.3 is 9.73 Å². The topological polar surface area (TPSA) is 68.0 Å². The van der Waals surface area contributed by atoms with Crippen molar-refractivity contribution in [2.75, 3.05) is 5.32 Å². The molecule has 0 aliphatic heterocycles. The summed E-state index contributed by atoms with van der Waals surface area (Å²) < 4.78 is 5.80. The molecular formula is C25H23N3O2. The maximum absolute atomic E-state index is 12.2. The highest BCUT2D eigenvalue weighted by Crippen LogP contribution is 2.25. The molecule has 0 unspecified atom stereocenters. The zero-order chi connectivity index (χ0) is 20.8. The van der Waals surface area contributed by atoms with Crippen molar-refractivity contribution in [3.63, 3.8) is 0 Å². The third kappa shape index (κ3) is 5.00.